The fourth-order valence-electron chi connectivity index (χ4n) is 4.65. The van der Waals surface area contributed by atoms with Gasteiger partial charge in [0.25, 0.3) is 5.22 Å². The topological polar surface area (TPSA) is 92.9 Å². The fraction of sp³-hybridized carbons (Fsp3) is 0.207. The zero-order valence-electron chi connectivity index (χ0n) is 20.2. The number of oxazole rings is 1. The number of aromatic nitrogens is 1. The van der Waals surface area contributed by atoms with Gasteiger partial charge in [0.15, 0.2) is 5.58 Å². The maximum Gasteiger partial charge on any atom is 0.339 e. The van der Waals surface area contributed by atoms with Gasteiger partial charge in [-0.1, -0.05) is 84.6 Å². The molecule has 1 aliphatic rings. The molecule has 1 aliphatic heterocycles. The van der Waals surface area contributed by atoms with Crippen molar-refractivity contribution in [1.29, 1.82) is 0 Å². The van der Waals surface area contributed by atoms with E-state index >= 15 is 0 Å². The lowest BCUT2D eigenvalue weighted by atomic mass is 9.85. The highest BCUT2D eigenvalue weighted by Crippen LogP contribution is 2.45. The largest absolute Gasteiger partial charge is 0.512 e. The summed E-state index contributed by atoms with van der Waals surface area (Å²) in [5.41, 5.74) is 3.02. The van der Waals surface area contributed by atoms with Crippen LogP contribution >= 0.6 is 11.8 Å². The molecule has 2 heterocycles. The van der Waals surface area contributed by atoms with Crippen LogP contribution in [0.2, 0.25) is 0 Å². The first-order valence-electron chi connectivity index (χ1n) is 12.1. The van der Waals surface area contributed by atoms with Gasteiger partial charge in [-0.2, -0.15) is 0 Å². The normalized spacial score (nSPS) is 17.7. The molecule has 1 amide bonds. The van der Waals surface area contributed by atoms with Gasteiger partial charge in [0.05, 0.1) is 24.4 Å². The Morgan fingerprint density at radius 3 is 2.32 bits per heavy atom. The molecule has 4 aromatic rings. The molecule has 7 nitrogen and oxygen atoms in total. The van der Waals surface area contributed by atoms with Gasteiger partial charge in [0.1, 0.15) is 16.8 Å². The minimum atomic E-state index is -0.823. The lowest BCUT2D eigenvalue weighted by Crippen LogP contribution is -2.44. The molecule has 0 bridgehead atoms. The van der Waals surface area contributed by atoms with E-state index in [1.54, 1.807) is 11.8 Å². The molecule has 2 atom stereocenters. The Morgan fingerprint density at radius 1 is 1.00 bits per heavy atom. The molecule has 188 valence electrons. The summed E-state index contributed by atoms with van der Waals surface area (Å²) in [6, 6.07) is 24.9. The van der Waals surface area contributed by atoms with E-state index in [0.29, 0.717) is 16.4 Å². The SMILES string of the molecule is CCOC(=O)C1=C(O)C[C@@H](c2ccccc2)N(C(=O)CSc2nc3ccccc3o2)[C@H]1c1ccccc1. The Balaban J connectivity index is 1.55. The Hall–Kier alpha value is -4.04. The second-order valence-electron chi connectivity index (χ2n) is 8.56. The second-order valence-corrected chi connectivity index (χ2v) is 9.49. The number of fused-ring (bicyclic) bond motifs is 1. The molecule has 8 heteroatoms. The number of carbonyl (C=O) groups excluding carboxylic acids is 2. The van der Waals surface area contributed by atoms with Gasteiger partial charge in [0.2, 0.25) is 5.91 Å². The molecule has 0 fully saturated rings. The zero-order chi connectivity index (χ0) is 25.8. The molecule has 0 spiro atoms. The number of rotatable bonds is 7. The number of benzene rings is 3. The van der Waals surface area contributed by atoms with E-state index in [2.05, 4.69) is 4.98 Å². The monoisotopic (exact) mass is 514 g/mol. The first kappa shape index (κ1) is 24.6. The average Bonchev–Trinajstić information content (AvgIpc) is 3.35. The number of ether oxygens (including phenoxy) is 1. The second kappa shape index (κ2) is 10.9. The number of esters is 1. The van der Waals surface area contributed by atoms with Crippen molar-refractivity contribution in [3.8, 4) is 0 Å². The molecule has 37 heavy (non-hydrogen) atoms. The Morgan fingerprint density at radius 2 is 1.65 bits per heavy atom. The summed E-state index contributed by atoms with van der Waals surface area (Å²) in [5, 5.41) is 11.5. The van der Waals surface area contributed by atoms with E-state index in [4.69, 9.17) is 9.15 Å². The van der Waals surface area contributed by atoms with Crippen LogP contribution in [-0.4, -0.2) is 39.2 Å². The maximum absolute atomic E-state index is 14.0. The van der Waals surface area contributed by atoms with Gasteiger partial charge in [0, 0.05) is 6.42 Å². The summed E-state index contributed by atoms with van der Waals surface area (Å²) in [6.45, 7) is 1.86. The molecule has 0 unspecified atom stereocenters. The van der Waals surface area contributed by atoms with E-state index in [-0.39, 0.29) is 36.0 Å². The highest BCUT2D eigenvalue weighted by molar-refractivity contribution is 7.99. The molecule has 0 saturated heterocycles. The van der Waals surface area contributed by atoms with E-state index in [1.165, 1.54) is 11.8 Å². The van der Waals surface area contributed by atoms with Crippen molar-refractivity contribution in [1.82, 2.24) is 9.88 Å². The van der Waals surface area contributed by atoms with Gasteiger partial charge in [-0.15, -0.1) is 0 Å². The maximum atomic E-state index is 14.0. The Bertz CT molecular complexity index is 1400. The van der Waals surface area contributed by atoms with Gasteiger partial charge < -0.3 is 19.2 Å². The number of thioether (sulfide) groups is 1. The quantitative estimate of drug-likeness (QED) is 0.238. The third-order valence-electron chi connectivity index (χ3n) is 6.26. The first-order valence-corrected chi connectivity index (χ1v) is 13.0. The van der Waals surface area contributed by atoms with Crippen LogP contribution in [0.5, 0.6) is 0 Å². The third-order valence-corrected chi connectivity index (χ3v) is 7.07. The molecular formula is C29H26N2O5S. The van der Waals surface area contributed by atoms with E-state index < -0.39 is 18.1 Å². The molecule has 0 aliphatic carbocycles. The van der Waals surface area contributed by atoms with Crippen molar-refractivity contribution in [3.05, 3.63) is 107 Å². The molecule has 0 radical (unpaired) electrons. The van der Waals surface area contributed by atoms with Crippen LogP contribution in [-0.2, 0) is 14.3 Å². The third kappa shape index (κ3) is 5.11. The summed E-state index contributed by atoms with van der Waals surface area (Å²) in [5.74, 6) is -0.887. The van der Waals surface area contributed by atoms with Crippen molar-refractivity contribution >= 4 is 34.7 Å². The van der Waals surface area contributed by atoms with Crippen LogP contribution in [0.1, 0.15) is 36.6 Å². The molecule has 1 aromatic heterocycles. The van der Waals surface area contributed by atoms with E-state index in [1.807, 2.05) is 84.9 Å². The minimum Gasteiger partial charge on any atom is -0.512 e. The summed E-state index contributed by atoms with van der Waals surface area (Å²) in [4.78, 5) is 33.2. The van der Waals surface area contributed by atoms with Crippen LogP contribution in [0.25, 0.3) is 11.1 Å². The van der Waals surface area contributed by atoms with Crippen LogP contribution < -0.4 is 0 Å². The number of aliphatic hydroxyl groups excluding tert-OH is 1. The Kier molecular flexibility index (Phi) is 7.28. The lowest BCUT2D eigenvalue weighted by Gasteiger charge is -2.43. The van der Waals surface area contributed by atoms with Crippen molar-refractivity contribution in [2.45, 2.75) is 30.7 Å². The fourth-order valence-corrected chi connectivity index (χ4v) is 5.36. The first-order chi connectivity index (χ1) is 18.1. The molecular weight excluding hydrogens is 488 g/mol. The number of hydrogen-bond donors (Lipinski definition) is 1. The Labute approximate surface area is 218 Å². The highest BCUT2D eigenvalue weighted by atomic mass is 32.2. The minimum absolute atomic E-state index is 0.0381. The number of nitrogens with zero attached hydrogens (tertiary/aromatic N) is 2. The van der Waals surface area contributed by atoms with Crippen molar-refractivity contribution in [2.24, 2.45) is 0 Å². The number of carbonyl (C=O) groups is 2. The molecule has 5 rings (SSSR count). The summed E-state index contributed by atoms with van der Waals surface area (Å²) in [6.07, 6.45) is 0.0980. The van der Waals surface area contributed by atoms with Crippen molar-refractivity contribution < 1.29 is 23.8 Å². The summed E-state index contributed by atoms with van der Waals surface area (Å²) < 4.78 is 11.1. The van der Waals surface area contributed by atoms with Gasteiger partial charge in [-0.3, -0.25) is 4.79 Å². The van der Waals surface area contributed by atoms with E-state index in [9.17, 15) is 14.7 Å². The van der Waals surface area contributed by atoms with Gasteiger partial charge in [-0.05, 0) is 30.2 Å². The van der Waals surface area contributed by atoms with Crippen LogP contribution in [0.15, 0.2) is 106 Å². The van der Waals surface area contributed by atoms with Crippen molar-refractivity contribution in [2.75, 3.05) is 12.4 Å². The number of hydrogen-bond acceptors (Lipinski definition) is 7. The van der Waals surface area contributed by atoms with E-state index in [0.717, 1.165) is 11.1 Å². The molecule has 0 saturated carbocycles. The standard InChI is InChI=1S/C29H26N2O5S/c1-2-35-28(34)26-23(32)17-22(19-11-5-3-6-12-19)31(27(26)20-13-7-4-8-14-20)25(33)18-37-29-30-21-15-9-10-16-24(21)36-29/h3-16,22,27,32H,2,17-18H2,1H3/t22-,27-/m0/s1. The van der Waals surface area contributed by atoms with Gasteiger partial charge >= 0.3 is 5.97 Å². The smallest absolute Gasteiger partial charge is 0.339 e. The predicted molar refractivity (Wildman–Crippen MR) is 141 cm³/mol. The summed E-state index contributed by atoms with van der Waals surface area (Å²) >= 11 is 1.20. The van der Waals surface area contributed by atoms with Crippen molar-refractivity contribution in [3.63, 3.8) is 0 Å². The zero-order valence-corrected chi connectivity index (χ0v) is 21.1. The molecule has 1 N–H and O–H groups in total. The molecule has 3 aromatic carbocycles. The van der Waals surface area contributed by atoms with Crippen LogP contribution in [0.4, 0.5) is 0 Å². The number of amides is 1. The lowest BCUT2D eigenvalue weighted by molar-refractivity contribution is -0.142. The summed E-state index contributed by atoms with van der Waals surface area (Å²) in [7, 11) is 0. The highest BCUT2D eigenvalue weighted by Gasteiger charge is 2.43. The van der Waals surface area contributed by atoms with Crippen LogP contribution in [0.3, 0.4) is 0 Å². The van der Waals surface area contributed by atoms with Crippen LogP contribution in [0, 0.1) is 0 Å². The number of aliphatic hydroxyl groups is 1. The average molecular weight is 515 g/mol. The number of para-hydroxylation sites is 2. The van der Waals surface area contributed by atoms with Gasteiger partial charge in [-0.25, -0.2) is 9.78 Å². The predicted octanol–water partition coefficient (Wildman–Crippen LogP) is 6.01.